The molecule has 198 valence electrons. The molecule has 0 amide bonds. The zero-order chi connectivity index (χ0) is 23.4. The van der Waals surface area contributed by atoms with Gasteiger partial charge in [-0.1, -0.05) is 38.5 Å². The molecule has 0 spiro atoms. The second-order valence-electron chi connectivity index (χ2n) is 12.7. The molecule has 3 saturated heterocycles. The minimum Gasteiger partial charge on any atom is -0.375 e. The van der Waals surface area contributed by atoms with Gasteiger partial charge in [0.2, 0.25) is 7.37 Å². The Labute approximate surface area is 210 Å². The molecular weight excluding hydrogens is 463 g/mol. The highest BCUT2D eigenvalue weighted by Crippen LogP contribution is 2.71. The van der Waals surface area contributed by atoms with Gasteiger partial charge in [0.05, 0.1) is 50.4 Å². The maximum Gasteiger partial charge on any atom is 0.212 e. The fourth-order valence-corrected chi connectivity index (χ4v) is 13.0. The molecule has 0 N–H and O–H groups in total. The average molecular weight is 509 g/mol. The molecule has 0 aromatic carbocycles. The molecule has 0 aromatic heterocycles. The third-order valence-electron chi connectivity index (χ3n) is 10.7. The summed E-state index contributed by atoms with van der Waals surface area (Å²) in [6, 6.07) is 0. The van der Waals surface area contributed by atoms with Crippen LogP contribution in [-0.2, 0) is 28.0 Å². The van der Waals surface area contributed by atoms with Crippen LogP contribution in [-0.4, -0.2) is 68.3 Å². The van der Waals surface area contributed by atoms with E-state index in [-0.39, 0.29) is 41.8 Å². The van der Waals surface area contributed by atoms with Crippen molar-refractivity contribution in [3.8, 4) is 0 Å². The van der Waals surface area contributed by atoms with Gasteiger partial charge in [0.15, 0.2) is 0 Å². The highest BCUT2D eigenvalue weighted by Gasteiger charge is 2.61. The van der Waals surface area contributed by atoms with E-state index in [1.54, 1.807) is 0 Å². The molecule has 7 rings (SSSR count). The lowest BCUT2D eigenvalue weighted by Crippen LogP contribution is -2.56. The van der Waals surface area contributed by atoms with Crippen LogP contribution in [0, 0.1) is 23.7 Å². The predicted molar refractivity (Wildman–Crippen MR) is 133 cm³/mol. The molecule has 12 atom stereocenters. The van der Waals surface area contributed by atoms with E-state index in [0.717, 1.165) is 38.9 Å². The third-order valence-corrected chi connectivity index (χ3v) is 14.3. The van der Waals surface area contributed by atoms with Crippen molar-refractivity contribution >= 4 is 7.37 Å². The van der Waals surface area contributed by atoms with Crippen molar-refractivity contribution in [3.05, 3.63) is 0 Å². The van der Waals surface area contributed by atoms with Gasteiger partial charge in [0.1, 0.15) is 12.2 Å². The predicted octanol–water partition coefficient (Wildman–Crippen LogP) is 5.56. The van der Waals surface area contributed by atoms with E-state index in [1.165, 1.54) is 57.8 Å². The van der Waals surface area contributed by atoms with Crippen molar-refractivity contribution in [2.45, 2.75) is 125 Å². The van der Waals surface area contributed by atoms with Crippen LogP contribution < -0.4 is 0 Å². The first-order valence-corrected chi connectivity index (χ1v) is 16.7. The lowest BCUT2D eigenvalue weighted by atomic mass is 9.67. The van der Waals surface area contributed by atoms with E-state index >= 15 is 4.57 Å². The Bertz CT molecular complexity index is 798. The maximum atomic E-state index is 15.4. The van der Waals surface area contributed by atoms with Crippen LogP contribution in [0.15, 0.2) is 0 Å². The summed E-state index contributed by atoms with van der Waals surface area (Å²) in [6.07, 6.45) is 16.3. The first kappa shape index (κ1) is 24.1. The van der Waals surface area contributed by atoms with E-state index < -0.39 is 7.37 Å². The molecule has 4 saturated carbocycles. The lowest BCUT2D eigenvalue weighted by Gasteiger charge is -2.56. The number of ether oxygens (including phenoxy) is 4. The van der Waals surface area contributed by atoms with Crippen LogP contribution in [0.2, 0.25) is 0 Å². The van der Waals surface area contributed by atoms with Crippen molar-refractivity contribution in [3.63, 3.8) is 0 Å². The van der Waals surface area contributed by atoms with Crippen LogP contribution in [0.1, 0.15) is 83.5 Å². The normalized spacial score (nSPS) is 53.2. The summed E-state index contributed by atoms with van der Waals surface area (Å²) in [5, 5.41) is 0. The summed E-state index contributed by atoms with van der Waals surface area (Å²) in [7, 11) is -2.92. The molecule has 35 heavy (non-hydrogen) atoms. The molecule has 3 heterocycles. The van der Waals surface area contributed by atoms with Gasteiger partial charge in [-0.15, -0.1) is 0 Å². The molecule has 0 radical (unpaired) electrons. The van der Waals surface area contributed by atoms with Crippen molar-refractivity contribution in [1.82, 2.24) is 0 Å². The Morgan fingerprint density at radius 2 is 1.26 bits per heavy atom. The van der Waals surface area contributed by atoms with Gasteiger partial charge < -0.3 is 23.5 Å². The third kappa shape index (κ3) is 4.72. The Balaban J connectivity index is 1.22. The molecule has 7 heteroatoms. The van der Waals surface area contributed by atoms with Crippen molar-refractivity contribution in [2.24, 2.45) is 23.7 Å². The van der Waals surface area contributed by atoms with Crippen LogP contribution in [0.25, 0.3) is 0 Å². The van der Waals surface area contributed by atoms with Crippen LogP contribution in [0.4, 0.5) is 0 Å². The SMILES string of the molecule is O=P1(C2CC(OCC3CO3)C3CCCCC3C2OCC2CO2)OC2CCCCC2C2CCCCC21. The summed E-state index contributed by atoms with van der Waals surface area (Å²) >= 11 is 0. The zero-order valence-corrected chi connectivity index (χ0v) is 22.2. The van der Waals surface area contributed by atoms with E-state index in [2.05, 4.69) is 0 Å². The van der Waals surface area contributed by atoms with Gasteiger partial charge in [-0.05, 0) is 68.6 Å². The molecule has 3 aliphatic heterocycles. The molecule has 12 unspecified atom stereocenters. The summed E-state index contributed by atoms with van der Waals surface area (Å²) in [5.74, 6) is 2.14. The number of hydrogen-bond acceptors (Lipinski definition) is 6. The van der Waals surface area contributed by atoms with Crippen LogP contribution >= 0.6 is 7.37 Å². The number of rotatable bonds is 7. The van der Waals surface area contributed by atoms with Crippen molar-refractivity contribution in [2.75, 3.05) is 26.4 Å². The minimum absolute atomic E-state index is 0.0232. The molecule has 6 nitrogen and oxygen atoms in total. The maximum absolute atomic E-state index is 15.4. The summed E-state index contributed by atoms with van der Waals surface area (Å²) in [4.78, 5) is 0. The first-order valence-electron chi connectivity index (χ1n) is 14.9. The second-order valence-corrected chi connectivity index (χ2v) is 15.6. The summed E-state index contributed by atoms with van der Waals surface area (Å²) in [5.41, 5.74) is 0.204. The van der Waals surface area contributed by atoms with E-state index in [0.29, 0.717) is 36.9 Å². The fraction of sp³-hybridized carbons (Fsp3) is 1.00. The quantitative estimate of drug-likeness (QED) is 0.331. The van der Waals surface area contributed by atoms with Gasteiger partial charge in [-0.3, -0.25) is 4.57 Å². The Morgan fingerprint density at radius 1 is 0.657 bits per heavy atom. The number of epoxide rings is 2. The van der Waals surface area contributed by atoms with Gasteiger partial charge in [0.25, 0.3) is 0 Å². The largest absolute Gasteiger partial charge is 0.375 e. The molecule has 7 aliphatic rings. The van der Waals surface area contributed by atoms with E-state index in [9.17, 15) is 0 Å². The molecule has 0 aromatic rings. The molecule has 4 aliphatic carbocycles. The Hall–Kier alpha value is 0.0300. The highest BCUT2D eigenvalue weighted by atomic mass is 31.2. The zero-order valence-electron chi connectivity index (χ0n) is 21.3. The fourth-order valence-electron chi connectivity index (χ4n) is 8.89. The molecule has 7 fully saturated rings. The molecular formula is C28H45O6P. The van der Waals surface area contributed by atoms with Gasteiger partial charge in [-0.2, -0.15) is 0 Å². The Kier molecular flexibility index (Phi) is 6.86. The highest BCUT2D eigenvalue weighted by molar-refractivity contribution is 7.60. The lowest BCUT2D eigenvalue weighted by molar-refractivity contribution is -0.118. The minimum atomic E-state index is -2.92. The smallest absolute Gasteiger partial charge is 0.212 e. The Morgan fingerprint density at radius 3 is 2.00 bits per heavy atom. The summed E-state index contributed by atoms with van der Waals surface area (Å²) in [6.45, 7) is 2.96. The van der Waals surface area contributed by atoms with Crippen LogP contribution in [0.5, 0.6) is 0 Å². The van der Waals surface area contributed by atoms with Gasteiger partial charge in [-0.25, -0.2) is 0 Å². The van der Waals surface area contributed by atoms with Crippen molar-refractivity contribution < 1.29 is 28.0 Å². The molecule has 0 bridgehead atoms. The first-order chi connectivity index (χ1) is 17.2. The average Bonchev–Trinajstić information content (AvgIpc) is 3.82. The standard InChI is InChI=1S/C28H45O6P/c29-35(26-12-6-4-9-22(26)20-7-3-5-11-24(20)34-35)27-13-25(32-16-18-14-30-18)21-8-1-2-10-23(21)28(27)33-17-19-15-31-19/h18-28H,1-17H2. The monoisotopic (exact) mass is 508 g/mol. The van der Waals surface area contributed by atoms with Crippen molar-refractivity contribution in [1.29, 1.82) is 0 Å². The van der Waals surface area contributed by atoms with E-state index in [1.807, 2.05) is 0 Å². The van der Waals surface area contributed by atoms with Gasteiger partial charge in [0, 0.05) is 5.66 Å². The number of hydrogen-bond donors (Lipinski definition) is 0. The number of fused-ring (bicyclic) bond motifs is 4. The van der Waals surface area contributed by atoms with E-state index in [4.69, 9.17) is 23.5 Å². The van der Waals surface area contributed by atoms with Gasteiger partial charge >= 0.3 is 0 Å². The second kappa shape index (κ2) is 9.97. The topological polar surface area (TPSA) is 69.8 Å². The summed E-state index contributed by atoms with van der Waals surface area (Å²) < 4.78 is 46.8. The van der Waals surface area contributed by atoms with Crippen LogP contribution in [0.3, 0.4) is 0 Å².